The van der Waals surface area contributed by atoms with Gasteiger partial charge < -0.3 is 14.8 Å². The summed E-state index contributed by atoms with van der Waals surface area (Å²) in [6.07, 6.45) is 3.82. The highest BCUT2D eigenvalue weighted by atomic mass is 19.1. The zero-order valence-electron chi connectivity index (χ0n) is 18.7. The van der Waals surface area contributed by atoms with Gasteiger partial charge in [0.25, 0.3) is 0 Å². The molecule has 0 saturated carbocycles. The maximum atomic E-state index is 14.1. The summed E-state index contributed by atoms with van der Waals surface area (Å²) in [7, 11) is 3.14. The van der Waals surface area contributed by atoms with E-state index in [4.69, 9.17) is 9.47 Å². The minimum atomic E-state index is -0.341. The van der Waals surface area contributed by atoms with Gasteiger partial charge in [-0.05, 0) is 82.8 Å². The number of benzene rings is 2. The van der Waals surface area contributed by atoms with Crippen molar-refractivity contribution in [2.75, 3.05) is 14.2 Å². The topological polar surface area (TPSA) is 60.5 Å². The lowest BCUT2D eigenvalue weighted by Crippen LogP contribution is -2.23. The molecule has 0 aliphatic heterocycles. The summed E-state index contributed by atoms with van der Waals surface area (Å²) in [4.78, 5) is 16.9. The van der Waals surface area contributed by atoms with Crippen molar-refractivity contribution in [2.24, 2.45) is 0 Å². The number of carbonyl (C=O) groups excluding carboxylic acids is 1. The van der Waals surface area contributed by atoms with E-state index in [1.165, 1.54) is 12.1 Å². The molecular formula is C27H24FN2O3. The third-order valence-electron chi connectivity index (χ3n) is 5.58. The van der Waals surface area contributed by atoms with Gasteiger partial charge in [-0.1, -0.05) is 12.1 Å². The average molecular weight is 443 g/mol. The number of pyridine rings is 1. The average Bonchev–Trinajstić information content (AvgIpc) is 3.08. The van der Waals surface area contributed by atoms with E-state index in [-0.39, 0.29) is 18.1 Å². The van der Waals surface area contributed by atoms with Gasteiger partial charge in [0.2, 0.25) is 5.91 Å². The van der Waals surface area contributed by atoms with Crippen molar-refractivity contribution in [1.29, 1.82) is 0 Å². The molecule has 6 heteroatoms. The summed E-state index contributed by atoms with van der Waals surface area (Å²) in [5, 5.41) is 2.90. The zero-order valence-corrected chi connectivity index (χ0v) is 18.7. The summed E-state index contributed by atoms with van der Waals surface area (Å²) in [5.41, 5.74) is 5.89. The Morgan fingerprint density at radius 1 is 1.09 bits per heavy atom. The van der Waals surface area contributed by atoms with Crippen LogP contribution in [0.3, 0.4) is 0 Å². The molecule has 1 aromatic heterocycles. The molecule has 1 aliphatic rings. The molecule has 167 valence electrons. The molecule has 1 heterocycles. The normalized spacial score (nSPS) is 13.8. The Morgan fingerprint density at radius 3 is 2.52 bits per heavy atom. The van der Waals surface area contributed by atoms with Crippen LogP contribution in [-0.2, 0) is 11.3 Å². The monoisotopic (exact) mass is 443 g/mol. The quantitative estimate of drug-likeness (QED) is 0.554. The summed E-state index contributed by atoms with van der Waals surface area (Å²) < 4.78 is 24.8. The van der Waals surface area contributed by atoms with Crippen molar-refractivity contribution < 1.29 is 18.7 Å². The SMILES string of the molecule is COc1[c]c(OC)cc(/C=C2/C(C)=C(CC(=O)NCc3ccccn3)c3cc(F)ccc32)c1. The first kappa shape index (κ1) is 22.3. The maximum Gasteiger partial charge on any atom is 0.224 e. The van der Waals surface area contributed by atoms with Crippen LogP contribution in [-0.4, -0.2) is 25.1 Å². The van der Waals surface area contributed by atoms with Crippen LogP contribution in [0.15, 0.2) is 60.3 Å². The van der Waals surface area contributed by atoms with Crippen molar-refractivity contribution in [3.05, 3.63) is 94.6 Å². The molecule has 1 aliphatic carbocycles. The molecule has 0 spiro atoms. The lowest BCUT2D eigenvalue weighted by molar-refractivity contribution is -0.120. The van der Waals surface area contributed by atoms with Gasteiger partial charge in [-0.3, -0.25) is 9.78 Å². The van der Waals surface area contributed by atoms with Gasteiger partial charge in [0.05, 0.1) is 38.9 Å². The predicted molar refractivity (Wildman–Crippen MR) is 126 cm³/mol. The second kappa shape index (κ2) is 9.69. The largest absolute Gasteiger partial charge is 0.496 e. The lowest BCUT2D eigenvalue weighted by Gasteiger charge is -2.08. The fourth-order valence-corrected chi connectivity index (χ4v) is 3.90. The van der Waals surface area contributed by atoms with Gasteiger partial charge in [-0.25, -0.2) is 4.39 Å². The highest BCUT2D eigenvalue weighted by Gasteiger charge is 2.26. The van der Waals surface area contributed by atoms with Gasteiger partial charge in [0.15, 0.2) is 0 Å². The number of allylic oxidation sites excluding steroid dienone is 2. The van der Waals surface area contributed by atoms with E-state index >= 15 is 0 Å². The van der Waals surface area contributed by atoms with Gasteiger partial charge >= 0.3 is 0 Å². The zero-order chi connectivity index (χ0) is 23.4. The first-order valence-corrected chi connectivity index (χ1v) is 10.5. The third-order valence-corrected chi connectivity index (χ3v) is 5.58. The van der Waals surface area contributed by atoms with Crippen LogP contribution in [0.5, 0.6) is 11.5 Å². The smallest absolute Gasteiger partial charge is 0.224 e. The van der Waals surface area contributed by atoms with Crippen LogP contribution in [0.4, 0.5) is 4.39 Å². The Labute approximate surface area is 192 Å². The third kappa shape index (κ3) is 4.95. The van der Waals surface area contributed by atoms with Crippen molar-refractivity contribution in [3.63, 3.8) is 0 Å². The number of aromatic nitrogens is 1. The Morgan fingerprint density at radius 2 is 1.85 bits per heavy atom. The molecular weight excluding hydrogens is 419 g/mol. The molecule has 0 saturated heterocycles. The highest BCUT2D eigenvalue weighted by Crippen LogP contribution is 2.44. The first-order chi connectivity index (χ1) is 16.0. The van der Waals surface area contributed by atoms with E-state index in [1.54, 1.807) is 26.5 Å². The maximum absolute atomic E-state index is 14.1. The predicted octanol–water partition coefficient (Wildman–Crippen LogP) is 5.07. The number of fused-ring (bicyclic) bond motifs is 1. The van der Waals surface area contributed by atoms with Gasteiger partial charge in [-0.2, -0.15) is 0 Å². The van der Waals surface area contributed by atoms with Gasteiger partial charge in [0, 0.05) is 6.20 Å². The van der Waals surface area contributed by atoms with Crippen LogP contribution in [0.25, 0.3) is 17.2 Å². The molecule has 5 nitrogen and oxygen atoms in total. The fourth-order valence-electron chi connectivity index (χ4n) is 3.90. The number of ether oxygens (including phenoxy) is 2. The van der Waals surface area contributed by atoms with E-state index in [9.17, 15) is 9.18 Å². The van der Waals surface area contributed by atoms with Crippen LogP contribution >= 0.6 is 0 Å². The van der Waals surface area contributed by atoms with Crippen molar-refractivity contribution in [1.82, 2.24) is 10.3 Å². The van der Waals surface area contributed by atoms with Gasteiger partial charge in [0.1, 0.15) is 17.3 Å². The Kier molecular flexibility index (Phi) is 6.54. The Bertz CT molecular complexity index is 1230. The number of methoxy groups -OCH3 is 2. The van der Waals surface area contributed by atoms with Gasteiger partial charge in [-0.15, -0.1) is 0 Å². The number of hydrogen-bond acceptors (Lipinski definition) is 4. The minimum absolute atomic E-state index is 0.141. The van der Waals surface area contributed by atoms with Crippen LogP contribution in [0, 0.1) is 11.9 Å². The molecule has 0 atom stereocenters. The second-order valence-corrected chi connectivity index (χ2v) is 7.68. The molecule has 1 N–H and O–H groups in total. The summed E-state index contributed by atoms with van der Waals surface area (Å²) in [6.45, 7) is 2.29. The van der Waals surface area contributed by atoms with Crippen LogP contribution in [0.1, 0.15) is 35.7 Å². The molecule has 1 radical (unpaired) electrons. The Hall–Kier alpha value is -3.93. The summed E-state index contributed by atoms with van der Waals surface area (Å²) in [6, 6.07) is 16.9. The molecule has 33 heavy (non-hydrogen) atoms. The standard InChI is InChI=1S/C27H24FN2O3/c1-17-24(12-18-10-21(32-2)14-22(11-18)33-3)23-8-7-19(28)13-26(23)25(17)15-27(31)30-16-20-6-4-5-9-29-20/h4-13H,15-16H2,1-3H3,(H,30,31)/b24-12-. The van der Waals surface area contributed by atoms with E-state index in [0.29, 0.717) is 18.0 Å². The van der Waals surface area contributed by atoms with Crippen molar-refractivity contribution in [3.8, 4) is 11.5 Å². The van der Waals surface area contributed by atoms with Crippen LogP contribution < -0.4 is 14.8 Å². The molecule has 3 aromatic rings. The number of hydrogen-bond donors (Lipinski definition) is 1. The number of nitrogens with one attached hydrogen (secondary N) is 1. The van der Waals surface area contributed by atoms with Crippen molar-refractivity contribution >= 4 is 23.1 Å². The number of rotatable bonds is 7. The molecule has 4 rings (SSSR count). The second-order valence-electron chi connectivity index (χ2n) is 7.68. The Balaban J connectivity index is 1.66. The number of carbonyl (C=O) groups is 1. The molecule has 0 fully saturated rings. The summed E-state index contributed by atoms with van der Waals surface area (Å²) >= 11 is 0. The van der Waals surface area contributed by atoms with E-state index < -0.39 is 0 Å². The number of nitrogens with zero attached hydrogens (tertiary/aromatic N) is 1. The fraction of sp³-hybridized carbons (Fsp3) is 0.185. The number of amides is 1. The summed E-state index contributed by atoms with van der Waals surface area (Å²) in [5.74, 6) is 0.611. The molecule has 2 aromatic carbocycles. The van der Waals surface area contributed by atoms with E-state index in [2.05, 4.69) is 16.4 Å². The van der Waals surface area contributed by atoms with E-state index in [1.807, 2.05) is 43.3 Å². The number of halogens is 1. The van der Waals surface area contributed by atoms with Crippen LogP contribution in [0.2, 0.25) is 0 Å². The molecule has 1 amide bonds. The highest BCUT2D eigenvalue weighted by molar-refractivity contribution is 6.08. The van der Waals surface area contributed by atoms with Crippen molar-refractivity contribution in [2.45, 2.75) is 19.9 Å². The molecule has 0 bridgehead atoms. The minimum Gasteiger partial charge on any atom is -0.496 e. The first-order valence-electron chi connectivity index (χ1n) is 10.5. The van der Waals surface area contributed by atoms with E-state index in [0.717, 1.165) is 39.1 Å². The molecule has 0 unspecified atom stereocenters. The lowest BCUT2D eigenvalue weighted by atomic mass is 10.0.